The fourth-order valence-electron chi connectivity index (χ4n) is 5.27. The number of benzene rings is 2. The zero-order valence-electron chi connectivity index (χ0n) is 21.8. The Morgan fingerprint density at radius 3 is 2.36 bits per heavy atom. The Hall–Kier alpha value is -2.49. The van der Waals surface area contributed by atoms with Crippen molar-refractivity contribution in [2.75, 3.05) is 26.2 Å². The molecule has 0 radical (unpaired) electrons. The number of para-hydroxylation sites is 1. The molecule has 0 aromatic heterocycles. The molecule has 6 nitrogen and oxygen atoms in total. The third kappa shape index (κ3) is 6.64. The molecule has 1 spiro atoms. The fourth-order valence-corrected chi connectivity index (χ4v) is 5.65. The van der Waals surface area contributed by atoms with E-state index in [1.54, 1.807) is 28.0 Å². The van der Waals surface area contributed by atoms with Crippen LogP contribution in [-0.2, 0) is 16.1 Å². The van der Waals surface area contributed by atoms with E-state index < -0.39 is 23.8 Å². The zero-order valence-corrected chi connectivity index (χ0v) is 23.3. The van der Waals surface area contributed by atoms with E-state index in [0.29, 0.717) is 44.1 Å². The van der Waals surface area contributed by atoms with Gasteiger partial charge >= 0.3 is 12.1 Å². The van der Waals surface area contributed by atoms with Crippen LogP contribution in [0.15, 0.2) is 42.5 Å². The van der Waals surface area contributed by atoms with Crippen molar-refractivity contribution in [3.8, 4) is 5.75 Å². The highest BCUT2D eigenvalue weighted by molar-refractivity contribution is 6.43. The normalized spacial score (nSPS) is 19.5. The van der Waals surface area contributed by atoms with Gasteiger partial charge in [-0.05, 0) is 43.4 Å². The lowest BCUT2D eigenvalue weighted by Crippen LogP contribution is -2.51. The third-order valence-electron chi connectivity index (χ3n) is 7.35. The molecule has 212 valence electrons. The molecule has 2 fully saturated rings. The number of piperidine rings is 1. The Kier molecular flexibility index (Phi) is 9.03. The van der Waals surface area contributed by atoms with Gasteiger partial charge in [0.05, 0.1) is 22.2 Å². The van der Waals surface area contributed by atoms with E-state index in [4.69, 9.17) is 32.7 Å². The minimum absolute atomic E-state index is 0.159. The molecule has 0 aliphatic carbocycles. The molecule has 2 aliphatic heterocycles. The molecule has 2 heterocycles. The second kappa shape index (κ2) is 11.9. The first-order chi connectivity index (χ1) is 18.4. The van der Waals surface area contributed by atoms with Crippen molar-refractivity contribution in [2.24, 2.45) is 11.3 Å². The third-order valence-corrected chi connectivity index (χ3v) is 8.17. The SMILES string of the molecule is CC(C)COc1ccccc1CN1CCC2(CCN(C(=O)c3cccc(Cl)c3Cl)CC2)C1OC(=O)C(F)(F)F. The summed E-state index contributed by atoms with van der Waals surface area (Å²) in [6.07, 6.45) is -4.95. The molecule has 0 N–H and O–H groups in total. The summed E-state index contributed by atoms with van der Waals surface area (Å²) in [4.78, 5) is 28.6. The number of alkyl halides is 3. The molecule has 2 aromatic rings. The Morgan fingerprint density at radius 1 is 1.03 bits per heavy atom. The van der Waals surface area contributed by atoms with Gasteiger partial charge in [0.25, 0.3) is 5.91 Å². The lowest BCUT2D eigenvalue weighted by molar-refractivity contribution is -0.220. The van der Waals surface area contributed by atoms with E-state index >= 15 is 0 Å². The highest BCUT2D eigenvalue weighted by Crippen LogP contribution is 2.47. The van der Waals surface area contributed by atoms with E-state index in [0.717, 1.165) is 5.56 Å². The summed E-state index contributed by atoms with van der Waals surface area (Å²) in [6.45, 7) is 5.80. The quantitative estimate of drug-likeness (QED) is 0.343. The number of esters is 1. The van der Waals surface area contributed by atoms with Crippen LogP contribution < -0.4 is 4.74 Å². The number of ether oxygens (including phenoxy) is 2. The zero-order chi connectivity index (χ0) is 28.4. The van der Waals surface area contributed by atoms with E-state index in [9.17, 15) is 22.8 Å². The van der Waals surface area contributed by atoms with Crippen molar-refractivity contribution < 1.29 is 32.2 Å². The second-order valence-electron chi connectivity index (χ2n) is 10.5. The van der Waals surface area contributed by atoms with E-state index in [1.165, 1.54) is 0 Å². The van der Waals surface area contributed by atoms with Crippen LogP contribution in [0.4, 0.5) is 13.2 Å². The summed E-state index contributed by atoms with van der Waals surface area (Å²) >= 11 is 12.3. The molecule has 2 aliphatic rings. The van der Waals surface area contributed by atoms with Crippen molar-refractivity contribution in [1.82, 2.24) is 9.80 Å². The first kappa shape index (κ1) is 29.5. The van der Waals surface area contributed by atoms with Gasteiger partial charge < -0.3 is 14.4 Å². The maximum Gasteiger partial charge on any atom is 0.490 e. The van der Waals surface area contributed by atoms with Crippen LogP contribution in [0.2, 0.25) is 10.0 Å². The topological polar surface area (TPSA) is 59.1 Å². The van der Waals surface area contributed by atoms with Crippen molar-refractivity contribution in [2.45, 2.75) is 52.1 Å². The number of nitrogens with zero attached hydrogens (tertiary/aromatic N) is 2. The number of hydrogen-bond acceptors (Lipinski definition) is 5. The van der Waals surface area contributed by atoms with Crippen LogP contribution in [0, 0.1) is 11.3 Å². The van der Waals surface area contributed by atoms with Crippen molar-refractivity contribution in [1.29, 1.82) is 0 Å². The molecule has 39 heavy (non-hydrogen) atoms. The molecule has 1 unspecified atom stereocenters. The average molecular weight is 587 g/mol. The lowest BCUT2D eigenvalue weighted by atomic mass is 9.76. The van der Waals surface area contributed by atoms with Crippen molar-refractivity contribution in [3.05, 3.63) is 63.6 Å². The van der Waals surface area contributed by atoms with Gasteiger partial charge in [-0.15, -0.1) is 0 Å². The number of rotatable bonds is 7. The van der Waals surface area contributed by atoms with Crippen molar-refractivity contribution >= 4 is 35.1 Å². The maximum absolute atomic E-state index is 13.3. The summed E-state index contributed by atoms with van der Waals surface area (Å²) in [5.74, 6) is -1.57. The number of likely N-dealkylation sites (tertiary alicyclic amines) is 2. The van der Waals surface area contributed by atoms with Gasteiger partial charge in [0.15, 0.2) is 6.23 Å². The molecule has 2 saturated heterocycles. The monoisotopic (exact) mass is 586 g/mol. The average Bonchev–Trinajstić information content (AvgIpc) is 3.20. The van der Waals surface area contributed by atoms with Crippen LogP contribution in [0.1, 0.15) is 49.0 Å². The van der Waals surface area contributed by atoms with Gasteiger partial charge in [-0.2, -0.15) is 13.2 Å². The minimum atomic E-state index is -5.12. The van der Waals surface area contributed by atoms with Crippen LogP contribution in [0.25, 0.3) is 0 Å². The Bertz CT molecular complexity index is 1200. The molecule has 1 atom stereocenters. The van der Waals surface area contributed by atoms with Gasteiger partial charge in [0, 0.05) is 37.2 Å². The van der Waals surface area contributed by atoms with Crippen LogP contribution in [-0.4, -0.2) is 60.3 Å². The highest BCUT2D eigenvalue weighted by Gasteiger charge is 2.54. The molecular formula is C28H31Cl2F3N2O4. The number of carbonyl (C=O) groups is 2. The predicted octanol–water partition coefficient (Wildman–Crippen LogP) is 6.59. The van der Waals surface area contributed by atoms with Gasteiger partial charge in [0.2, 0.25) is 0 Å². The Labute approximate surface area is 235 Å². The van der Waals surface area contributed by atoms with E-state index in [1.807, 2.05) is 38.1 Å². The Morgan fingerprint density at radius 2 is 1.69 bits per heavy atom. The minimum Gasteiger partial charge on any atom is -0.493 e. The smallest absolute Gasteiger partial charge is 0.490 e. The molecule has 0 bridgehead atoms. The van der Waals surface area contributed by atoms with Crippen LogP contribution >= 0.6 is 23.2 Å². The standard InChI is InChI=1S/C28H31Cl2F3N2O4/c1-18(2)17-38-22-9-4-3-6-19(22)16-35-15-12-27(25(35)39-26(37)28(31,32)33)10-13-34(14-11-27)24(36)20-7-5-8-21(29)23(20)30/h3-9,18,25H,10-17H2,1-2H3. The highest BCUT2D eigenvalue weighted by atomic mass is 35.5. The molecule has 1 amide bonds. The molecular weight excluding hydrogens is 556 g/mol. The Balaban J connectivity index is 1.54. The number of amides is 1. The van der Waals surface area contributed by atoms with Gasteiger partial charge in [-0.1, -0.05) is 61.3 Å². The number of carbonyl (C=O) groups excluding carboxylic acids is 2. The fraction of sp³-hybridized carbons (Fsp3) is 0.500. The molecule has 4 rings (SSSR count). The van der Waals surface area contributed by atoms with Crippen LogP contribution in [0.5, 0.6) is 5.75 Å². The first-order valence-corrected chi connectivity index (χ1v) is 13.6. The van der Waals surface area contributed by atoms with E-state index in [2.05, 4.69) is 0 Å². The molecule has 0 saturated carbocycles. The van der Waals surface area contributed by atoms with Crippen molar-refractivity contribution in [3.63, 3.8) is 0 Å². The summed E-state index contributed by atoms with van der Waals surface area (Å²) < 4.78 is 51.0. The lowest BCUT2D eigenvalue weighted by Gasteiger charge is -2.43. The summed E-state index contributed by atoms with van der Waals surface area (Å²) in [5.41, 5.74) is 0.335. The van der Waals surface area contributed by atoms with E-state index in [-0.39, 0.29) is 41.2 Å². The summed E-state index contributed by atoms with van der Waals surface area (Å²) in [6, 6.07) is 12.2. The summed E-state index contributed by atoms with van der Waals surface area (Å²) in [7, 11) is 0. The number of hydrogen-bond donors (Lipinski definition) is 0. The predicted molar refractivity (Wildman–Crippen MR) is 142 cm³/mol. The van der Waals surface area contributed by atoms with Gasteiger partial charge in [0.1, 0.15) is 5.75 Å². The van der Waals surface area contributed by atoms with Gasteiger partial charge in [-0.25, -0.2) is 4.79 Å². The first-order valence-electron chi connectivity index (χ1n) is 12.9. The number of halogens is 5. The van der Waals surface area contributed by atoms with Gasteiger partial charge in [-0.3, -0.25) is 9.69 Å². The van der Waals surface area contributed by atoms with Crippen LogP contribution in [0.3, 0.4) is 0 Å². The largest absolute Gasteiger partial charge is 0.493 e. The second-order valence-corrected chi connectivity index (χ2v) is 11.3. The molecule has 2 aromatic carbocycles. The maximum atomic E-state index is 13.3. The summed E-state index contributed by atoms with van der Waals surface area (Å²) in [5, 5.41) is 0.422. The molecule has 11 heteroatoms.